The lowest BCUT2D eigenvalue weighted by Gasteiger charge is -2.12. The van der Waals surface area contributed by atoms with Crippen LogP contribution in [-0.4, -0.2) is 12.3 Å². The van der Waals surface area contributed by atoms with Crippen molar-refractivity contribution in [1.29, 1.82) is 5.26 Å². The van der Waals surface area contributed by atoms with Crippen LogP contribution >= 0.6 is 0 Å². The summed E-state index contributed by atoms with van der Waals surface area (Å²) in [5.74, 6) is 0.385. The lowest BCUT2D eigenvalue weighted by Crippen LogP contribution is -2.04. The van der Waals surface area contributed by atoms with E-state index in [1.807, 2.05) is 0 Å². The second-order valence-corrected chi connectivity index (χ2v) is 4.58. The fraction of sp³-hybridized carbons (Fsp3) is 0.333. The molecule has 0 N–H and O–H groups in total. The Kier molecular flexibility index (Phi) is 4.04. The minimum atomic E-state index is -0.447. The molecule has 2 aromatic rings. The summed E-state index contributed by atoms with van der Waals surface area (Å²) >= 11 is 0. The lowest BCUT2D eigenvalue weighted by molar-refractivity contribution is 0.391. The SMILES string of the molecule is COc1ccc(F)cc1CC(C#N)c1c(C)noc1C. The van der Waals surface area contributed by atoms with Crippen molar-refractivity contribution in [2.75, 3.05) is 7.11 Å². The molecule has 0 bridgehead atoms. The molecule has 104 valence electrons. The van der Waals surface area contributed by atoms with E-state index in [9.17, 15) is 9.65 Å². The van der Waals surface area contributed by atoms with Crippen LogP contribution in [0.2, 0.25) is 0 Å². The van der Waals surface area contributed by atoms with Crippen LogP contribution < -0.4 is 4.74 Å². The van der Waals surface area contributed by atoms with Crippen LogP contribution in [0.1, 0.15) is 28.5 Å². The Bertz CT molecular complexity index is 639. The standard InChI is InChI=1S/C15H15FN2O2/c1-9-15(10(2)20-18-9)12(8-17)6-11-7-13(16)4-5-14(11)19-3/h4-5,7,12H,6H2,1-3H3. The third-order valence-corrected chi connectivity index (χ3v) is 3.26. The first kappa shape index (κ1) is 14.1. The van der Waals surface area contributed by atoms with E-state index >= 15 is 0 Å². The summed E-state index contributed by atoms with van der Waals surface area (Å²) in [5, 5.41) is 13.2. The molecule has 0 aliphatic carbocycles. The van der Waals surface area contributed by atoms with Gasteiger partial charge in [0.1, 0.15) is 17.3 Å². The largest absolute Gasteiger partial charge is 0.496 e. The second-order valence-electron chi connectivity index (χ2n) is 4.58. The molecule has 0 spiro atoms. The molecule has 0 saturated carbocycles. The molecule has 2 rings (SSSR count). The van der Waals surface area contributed by atoms with Crippen molar-refractivity contribution in [2.45, 2.75) is 26.2 Å². The highest BCUT2D eigenvalue weighted by Crippen LogP contribution is 2.30. The molecule has 1 heterocycles. The monoisotopic (exact) mass is 274 g/mol. The highest BCUT2D eigenvalue weighted by Gasteiger charge is 2.22. The normalized spacial score (nSPS) is 11.9. The molecule has 5 heteroatoms. The van der Waals surface area contributed by atoms with Crippen molar-refractivity contribution in [3.63, 3.8) is 0 Å². The van der Waals surface area contributed by atoms with Gasteiger partial charge in [-0.25, -0.2) is 4.39 Å². The van der Waals surface area contributed by atoms with E-state index in [0.29, 0.717) is 29.2 Å². The Morgan fingerprint density at radius 3 is 2.75 bits per heavy atom. The topological polar surface area (TPSA) is 59.0 Å². The smallest absolute Gasteiger partial charge is 0.138 e. The number of ether oxygens (including phenoxy) is 1. The third kappa shape index (κ3) is 2.64. The van der Waals surface area contributed by atoms with Crippen LogP contribution in [0.15, 0.2) is 22.7 Å². The molecular weight excluding hydrogens is 259 g/mol. The van der Waals surface area contributed by atoms with Crippen LogP contribution in [0.4, 0.5) is 4.39 Å². The van der Waals surface area contributed by atoms with Crippen molar-refractivity contribution in [3.05, 3.63) is 46.6 Å². The van der Waals surface area contributed by atoms with Gasteiger partial charge in [0, 0.05) is 5.56 Å². The Morgan fingerprint density at radius 2 is 2.20 bits per heavy atom. The van der Waals surface area contributed by atoms with E-state index < -0.39 is 5.92 Å². The average Bonchev–Trinajstić information content (AvgIpc) is 2.76. The summed E-state index contributed by atoms with van der Waals surface area (Å²) in [6, 6.07) is 6.51. The van der Waals surface area contributed by atoms with Crippen molar-refractivity contribution in [3.8, 4) is 11.8 Å². The summed E-state index contributed by atoms with van der Waals surface area (Å²) in [6.45, 7) is 3.56. The number of benzene rings is 1. The van der Waals surface area contributed by atoms with E-state index in [-0.39, 0.29) is 5.82 Å². The van der Waals surface area contributed by atoms with Crippen molar-refractivity contribution >= 4 is 0 Å². The zero-order valence-corrected chi connectivity index (χ0v) is 11.6. The van der Waals surface area contributed by atoms with Gasteiger partial charge in [-0.05, 0) is 44.0 Å². The molecule has 0 aliphatic heterocycles. The van der Waals surface area contributed by atoms with Gasteiger partial charge in [0.25, 0.3) is 0 Å². The molecule has 1 aromatic heterocycles. The molecule has 1 atom stereocenters. The van der Waals surface area contributed by atoms with Crippen LogP contribution in [0.5, 0.6) is 5.75 Å². The van der Waals surface area contributed by atoms with Crippen LogP contribution in [0.25, 0.3) is 0 Å². The van der Waals surface area contributed by atoms with Crippen molar-refractivity contribution in [2.24, 2.45) is 0 Å². The maximum Gasteiger partial charge on any atom is 0.138 e. The first-order chi connectivity index (χ1) is 9.56. The number of methoxy groups -OCH3 is 1. The number of halogens is 1. The van der Waals surface area contributed by atoms with Crippen LogP contribution in [0.3, 0.4) is 0 Å². The number of hydrogen-bond acceptors (Lipinski definition) is 4. The predicted octanol–water partition coefficient (Wildman–Crippen LogP) is 3.29. The Hall–Kier alpha value is -2.35. The predicted molar refractivity (Wildman–Crippen MR) is 71.0 cm³/mol. The third-order valence-electron chi connectivity index (χ3n) is 3.26. The molecule has 0 fully saturated rings. The highest BCUT2D eigenvalue weighted by molar-refractivity contribution is 5.39. The van der Waals surface area contributed by atoms with E-state index in [1.54, 1.807) is 19.9 Å². The Morgan fingerprint density at radius 1 is 1.45 bits per heavy atom. The molecule has 4 nitrogen and oxygen atoms in total. The summed E-state index contributed by atoms with van der Waals surface area (Å²) < 4.78 is 23.7. The molecule has 0 aliphatic rings. The number of hydrogen-bond donors (Lipinski definition) is 0. The van der Waals surface area contributed by atoms with E-state index in [4.69, 9.17) is 9.26 Å². The van der Waals surface area contributed by atoms with Crippen LogP contribution in [0, 0.1) is 31.0 Å². The number of aryl methyl sites for hydroxylation is 2. The maximum absolute atomic E-state index is 13.4. The van der Waals surface area contributed by atoms with Gasteiger partial charge >= 0.3 is 0 Å². The zero-order chi connectivity index (χ0) is 14.7. The Labute approximate surface area is 116 Å². The van der Waals surface area contributed by atoms with Crippen molar-refractivity contribution < 1.29 is 13.7 Å². The zero-order valence-electron chi connectivity index (χ0n) is 11.6. The maximum atomic E-state index is 13.4. The minimum Gasteiger partial charge on any atom is -0.496 e. The van der Waals surface area contributed by atoms with Gasteiger partial charge in [-0.15, -0.1) is 0 Å². The quantitative estimate of drug-likeness (QED) is 0.858. The first-order valence-electron chi connectivity index (χ1n) is 6.21. The van der Waals surface area contributed by atoms with Crippen molar-refractivity contribution in [1.82, 2.24) is 5.16 Å². The highest BCUT2D eigenvalue weighted by atomic mass is 19.1. The fourth-order valence-electron chi connectivity index (χ4n) is 2.33. The summed E-state index contributed by atoms with van der Waals surface area (Å²) in [7, 11) is 1.52. The van der Waals surface area contributed by atoms with Gasteiger partial charge in [-0.2, -0.15) is 5.26 Å². The van der Waals surface area contributed by atoms with Crippen LogP contribution in [-0.2, 0) is 6.42 Å². The molecule has 0 amide bonds. The number of aromatic nitrogens is 1. The van der Waals surface area contributed by atoms with E-state index in [1.165, 1.54) is 19.2 Å². The molecule has 1 unspecified atom stereocenters. The summed E-state index contributed by atoms with van der Waals surface area (Å²) in [6.07, 6.45) is 0.348. The summed E-state index contributed by atoms with van der Waals surface area (Å²) in [4.78, 5) is 0. The number of rotatable bonds is 4. The molecule has 0 radical (unpaired) electrons. The van der Waals surface area contributed by atoms with E-state index in [0.717, 1.165) is 5.56 Å². The molecule has 20 heavy (non-hydrogen) atoms. The van der Waals surface area contributed by atoms with Gasteiger partial charge in [-0.1, -0.05) is 5.16 Å². The molecular formula is C15H15FN2O2. The van der Waals surface area contributed by atoms with E-state index in [2.05, 4.69) is 11.2 Å². The van der Waals surface area contributed by atoms with Gasteiger partial charge in [-0.3, -0.25) is 0 Å². The lowest BCUT2D eigenvalue weighted by atomic mass is 9.91. The van der Waals surface area contributed by atoms with Gasteiger partial charge in [0.15, 0.2) is 0 Å². The van der Waals surface area contributed by atoms with Gasteiger partial charge in [0.2, 0.25) is 0 Å². The number of nitrogens with zero attached hydrogens (tertiary/aromatic N) is 2. The first-order valence-corrected chi connectivity index (χ1v) is 6.21. The minimum absolute atomic E-state index is 0.348. The molecule has 1 aromatic carbocycles. The van der Waals surface area contributed by atoms with Gasteiger partial charge < -0.3 is 9.26 Å². The number of nitriles is 1. The van der Waals surface area contributed by atoms with Gasteiger partial charge in [0.05, 0.1) is 24.8 Å². The summed E-state index contributed by atoms with van der Waals surface area (Å²) in [5.41, 5.74) is 2.10. The molecule has 0 saturated heterocycles. The average molecular weight is 274 g/mol. The second kappa shape index (κ2) is 5.74. The fourth-order valence-corrected chi connectivity index (χ4v) is 2.33. The Balaban J connectivity index is 2.37.